The van der Waals surface area contributed by atoms with Crippen LogP contribution in [0.4, 0.5) is 5.82 Å². The summed E-state index contributed by atoms with van der Waals surface area (Å²) >= 11 is 0. The Labute approximate surface area is 120 Å². The van der Waals surface area contributed by atoms with Crippen LogP contribution >= 0.6 is 0 Å². The summed E-state index contributed by atoms with van der Waals surface area (Å²) in [5, 5.41) is 3.34. The second-order valence-corrected chi connectivity index (χ2v) is 6.06. The van der Waals surface area contributed by atoms with E-state index in [1.807, 2.05) is 24.1 Å². The highest BCUT2D eigenvalue weighted by Crippen LogP contribution is 2.25. The van der Waals surface area contributed by atoms with Crippen molar-refractivity contribution in [3.63, 3.8) is 0 Å². The first-order valence-corrected chi connectivity index (χ1v) is 7.74. The molecule has 0 atom stereocenters. The summed E-state index contributed by atoms with van der Waals surface area (Å²) in [6.07, 6.45) is 10.2. The van der Waals surface area contributed by atoms with E-state index in [4.69, 9.17) is 0 Å². The van der Waals surface area contributed by atoms with E-state index in [0.29, 0.717) is 17.6 Å². The summed E-state index contributed by atoms with van der Waals surface area (Å²) in [4.78, 5) is 18.7. The predicted octanol–water partition coefficient (Wildman–Crippen LogP) is 3.06. The normalized spacial score (nSPS) is 19.6. The molecule has 0 aliphatic heterocycles. The minimum absolute atomic E-state index is 0.0994. The Hall–Kier alpha value is -1.58. The van der Waals surface area contributed by atoms with Gasteiger partial charge in [0, 0.05) is 25.3 Å². The summed E-state index contributed by atoms with van der Waals surface area (Å²) in [7, 11) is 1.93. The molecule has 0 radical (unpaired) electrons. The molecule has 1 heterocycles. The third-order valence-corrected chi connectivity index (χ3v) is 4.38. The Morgan fingerprint density at radius 2 is 1.95 bits per heavy atom. The summed E-state index contributed by atoms with van der Waals surface area (Å²) in [6.45, 7) is 0. The van der Waals surface area contributed by atoms with Crippen molar-refractivity contribution in [1.29, 1.82) is 0 Å². The zero-order valence-corrected chi connectivity index (χ0v) is 12.1. The van der Waals surface area contributed by atoms with Gasteiger partial charge in [0.05, 0.1) is 5.56 Å². The van der Waals surface area contributed by atoms with Crippen LogP contribution in [0.2, 0.25) is 0 Å². The van der Waals surface area contributed by atoms with Crippen LogP contribution in [0, 0.1) is 0 Å². The lowest BCUT2D eigenvalue weighted by atomic mass is 9.94. The molecule has 1 amide bonds. The molecule has 108 valence electrons. The average Bonchev–Trinajstić information content (AvgIpc) is 3.31. The molecule has 2 saturated carbocycles. The van der Waals surface area contributed by atoms with Gasteiger partial charge < -0.3 is 10.2 Å². The van der Waals surface area contributed by atoms with Gasteiger partial charge in [-0.05, 0) is 37.8 Å². The van der Waals surface area contributed by atoms with Crippen LogP contribution in [0.1, 0.15) is 55.3 Å². The largest absolute Gasteiger partial charge is 0.367 e. The van der Waals surface area contributed by atoms with Crippen molar-refractivity contribution in [2.45, 2.75) is 57.0 Å². The number of hydrogen-bond acceptors (Lipinski definition) is 3. The minimum Gasteiger partial charge on any atom is -0.367 e. The highest BCUT2D eigenvalue weighted by molar-refractivity contribution is 5.94. The number of pyridine rings is 1. The summed E-state index contributed by atoms with van der Waals surface area (Å²) in [5.74, 6) is 0.978. The zero-order valence-electron chi connectivity index (χ0n) is 12.1. The Morgan fingerprint density at radius 3 is 2.55 bits per heavy atom. The van der Waals surface area contributed by atoms with E-state index in [-0.39, 0.29) is 5.91 Å². The maximum absolute atomic E-state index is 12.5. The maximum Gasteiger partial charge on any atom is 0.255 e. The molecule has 0 spiro atoms. The van der Waals surface area contributed by atoms with Gasteiger partial charge in [-0.15, -0.1) is 0 Å². The highest BCUT2D eigenvalue weighted by atomic mass is 16.2. The minimum atomic E-state index is 0.0994. The lowest BCUT2D eigenvalue weighted by Gasteiger charge is -2.31. The number of nitrogens with one attached hydrogen (secondary N) is 1. The van der Waals surface area contributed by atoms with Gasteiger partial charge in [0.2, 0.25) is 0 Å². The van der Waals surface area contributed by atoms with Crippen molar-refractivity contribution in [3.8, 4) is 0 Å². The van der Waals surface area contributed by atoms with Crippen LogP contribution < -0.4 is 5.32 Å². The maximum atomic E-state index is 12.5. The first-order chi connectivity index (χ1) is 9.74. The van der Waals surface area contributed by atoms with E-state index in [1.165, 1.54) is 32.1 Å². The van der Waals surface area contributed by atoms with Crippen LogP contribution in [0.5, 0.6) is 0 Å². The predicted molar refractivity (Wildman–Crippen MR) is 79.8 cm³/mol. The van der Waals surface area contributed by atoms with E-state index < -0.39 is 0 Å². The second kappa shape index (κ2) is 5.81. The molecule has 1 N–H and O–H groups in total. The van der Waals surface area contributed by atoms with E-state index in [2.05, 4.69) is 10.3 Å². The molecule has 0 aromatic carbocycles. The number of hydrogen-bond donors (Lipinski definition) is 1. The standard InChI is InChI=1S/C16H23N3O/c1-19(14-5-3-2-4-6-14)16(20)12-7-10-15(17-11-12)18-13-8-9-13/h7,10-11,13-14H,2-6,8-9H2,1H3,(H,17,18). The van der Waals surface area contributed by atoms with Crippen molar-refractivity contribution in [3.05, 3.63) is 23.9 Å². The molecule has 0 unspecified atom stereocenters. The number of carbonyl (C=O) groups excluding carboxylic acids is 1. The van der Waals surface area contributed by atoms with Gasteiger partial charge in [-0.25, -0.2) is 4.98 Å². The molecule has 0 saturated heterocycles. The van der Waals surface area contributed by atoms with Crippen molar-refractivity contribution in [1.82, 2.24) is 9.88 Å². The number of aromatic nitrogens is 1. The molecule has 4 nitrogen and oxygen atoms in total. The molecule has 2 aliphatic rings. The lowest BCUT2D eigenvalue weighted by Crippen LogP contribution is -2.38. The third-order valence-electron chi connectivity index (χ3n) is 4.38. The van der Waals surface area contributed by atoms with Crippen molar-refractivity contribution >= 4 is 11.7 Å². The highest BCUT2D eigenvalue weighted by Gasteiger charge is 2.24. The van der Waals surface area contributed by atoms with Gasteiger partial charge in [-0.3, -0.25) is 4.79 Å². The molecule has 4 heteroatoms. The van der Waals surface area contributed by atoms with Gasteiger partial charge in [0.1, 0.15) is 5.82 Å². The first kappa shape index (κ1) is 13.4. The quantitative estimate of drug-likeness (QED) is 0.917. The topological polar surface area (TPSA) is 45.2 Å². The van der Waals surface area contributed by atoms with Crippen LogP contribution in [-0.2, 0) is 0 Å². The van der Waals surface area contributed by atoms with Gasteiger partial charge in [0.25, 0.3) is 5.91 Å². The van der Waals surface area contributed by atoms with E-state index in [0.717, 1.165) is 18.7 Å². The SMILES string of the molecule is CN(C(=O)c1ccc(NC2CC2)nc1)C1CCCCC1. The van der Waals surface area contributed by atoms with Gasteiger partial charge in [-0.1, -0.05) is 19.3 Å². The van der Waals surface area contributed by atoms with Crippen LogP contribution in [0.25, 0.3) is 0 Å². The fourth-order valence-corrected chi connectivity index (χ4v) is 2.88. The van der Waals surface area contributed by atoms with Crippen molar-refractivity contribution in [2.24, 2.45) is 0 Å². The molecule has 1 aromatic rings. The molecule has 3 rings (SSSR count). The van der Waals surface area contributed by atoms with Gasteiger partial charge in [0.15, 0.2) is 0 Å². The molecular weight excluding hydrogens is 250 g/mol. The fourth-order valence-electron chi connectivity index (χ4n) is 2.88. The molecule has 20 heavy (non-hydrogen) atoms. The summed E-state index contributed by atoms with van der Waals surface area (Å²) in [5.41, 5.74) is 0.694. The van der Waals surface area contributed by atoms with Crippen molar-refractivity contribution < 1.29 is 4.79 Å². The number of amides is 1. The molecule has 2 aliphatic carbocycles. The Kier molecular flexibility index (Phi) is 3.90. The number of rotatable bonds is 4. The van der Waals surface area contributed by atoms with E-state index >= 15 is 0 Å². The average molecular weight is 273 g/mol. The third kappa shape index (κ3) is 3.11. The molecule has 2 fully saturated rings. The molecular formula is C16H23N3O. The van der Waals surface area contributed by atoms with E-state index in [1.54, 1.807) is 6.20 Å². The summed E-state index contributed by atoms with van der Waals surface area (Å²) < 4.78 is 0. The van der Waals surface area contributed by atoms with Gasteiger partial charge >= 0.3 is 0 Å². The molecule has 1 aromatic heterocycles. The van der Waals surface area contributed by atoms with Crippen LogP contribution in [0.3, 0.4) is 0 Å². The Morgan fingerprint density at radius 1 is 1.20 bits per heavy atom. The number of carbonyl (C=O) groups is 1. The second-order valence-electron chi connectivity index (χ2n) is 6.06. The monoisotopic (exact) mass is 273 g/mol. The Bertz CT molecular complexity index is 461. The van der Waals surface area contributed by atoms with Crippen molar-refractivity contribution in [2.75, 3.05) is 12.4 Å². The summed E-state index contributed by atoms with van der Waals surface area (Å²) in [6, 6.07) is 4.80. The lowest BCUT2D eigenvalue weighted by molar-refractivity contribution is 0.0696. The van der Waals surface area contributed by atoms with E-state index in [9.17, 15) is 4.79 Å². The Balaban J connectivity index is 1.62. The first-order valence-electron chi connectivity index (χ1n) is 7.74. The van der Waals surface area contributed by atoms with Crippen LogP contribution in [0.15, 0.2) is 18.3 Å². The smallest absolute Gasteiger partial charge is 0.255 e. The number of anilines is 1. The van der Waals surface area contributed by atoms with Gasteiger partial charge in [-0.2, -0.15) is 0 Å². The number of nitrogens with zero attached hydrogens (tertiary/aromatic N) is 2. The molecule has 0 bridgehead atoms. The fraction of sp³-hybridized carbons (Fsp3) is 0.625. The zero-order chi connectivity index (χ0) is 13.9. The van der Waals surface area contributed by atoms with Crippen LogP contribution in [-0.4, -0.2) is 34.9 Å².